The van der Waals surface area contributed by atoms with Crippen LogP contribution in [0, 0.1) is 32.4 Å². The molecule has 2 aromatic rings. The van der Waals surface area contributed by atoms with Crippen molar-refractivity contribution in [1.29, 1.82) is 0 Å². The van der Waals surface area contributed by atoms with Crippen LogP contribution in [0.2, 0.25) is 0 Å². The molecule has 1 N–H and O–H groups in total. The maximum Gasteiger partial charge on any atom is 0.274 e. The summed E-state index contributed by atoms with van der Waals surface area (Å²) in [6.45, 7) is 5.39. The lowest BCUT2D eigenvalue weighted by molar-refractivity contribution is 0.0708. The van der Waals surface area contributed by atoms with Gasteiger partial charge >= 0.3 is 0 Å². The molecule has 0 saturated carbocycles. The molecule has 5 nitrogen and oxygen atoms in total. The van der Waals surface area contributed by atoms with E-state index >= 15 is 0 Å². The molecule has 2 heterocycles. The van der Waals surface area contributed by atoms with E-state index in [1.165, 1.54) is 11.0 Å². The van der Waals surface area contributed by atoms with Gasteiger partial charge in [0.05, 0.1) is 29.2 Å². The van der Waals surface area contributed by atoms with Crippen LogP contribution in [0.25, 0.3) is 0 Å². The minimum atomic E-state index is -0.978. The van der Waals surface area contributed by atoms with Gasteiger partial charge in [-0.3, -0.25) is 9.78 Å². The number of hydrogen-bond acceptors (Lipinski definition) is 4. The molecule has 1 aliphatic heterocycles. The molecule has 1 aromatic carbocycles. The standard InChI is InChI=1S/C18H19F2N3O2/c1-9-10(2)22-17(11(3)21-9)18(25)23-8-13(24)7-16(23)12-4-5-14(19)15(20)6-12/h4-6,13,16,24H,7-8H2,1-3H3/t13-,16+/m0/s1. The third-order valence-electron chi connectivity index (χ3n) is 4.55. The first-order valence-corrected chi connectivity index (χ1v) is 8.03. The number of likely N-dealkylation sites (tertiary alicyclic amines) is 1. The molecule has 0 unspecified atom stereocenters. The largest absolute Gasteiger partial charge is 0.391 e. The first kappa shape index (κ1) is 17.4. The molecule has 1 amide bonds. The Morgan fingerprint density at radius 1 is 1.12 bits per heavy atom. The number of halogens is 2. The van der Waals surface area contributed by atoms with Crippen molar-refractivity contribution in [2.75, 3.05) is 6.54 Å². The van der Waals surface area contributed by atoms with E-state index in [1.54, 1.807) is 13.8 Å². The lowest BCUT2D eigenvalue weighted by atomic mass is 10.0. The number of aryl methyl sites for hydroxylation is 3. The fourth-order valence-corrected chi connectivity index (χ4v) is 3.13. The van der Waals surface area contributed by atoms with Gasteiger partial charge in [-0.15, -0.1) is 0 Å². The molecule has 0 radical (unpaired) electrons. The average Bonchev–Trinajstić information content (AvgIpc) is 2.95. The van der Waals surface area contributed by atoms with Crippen LogP contribution < -0.4 is 0 Å². The Morgan fingerprint density at radius 2 is 1.80 bits per heavy atom. The summed E-state index contributed by atoms with van der Waals surface area (Å²) in [6.07, 6.45) is -0.476. The summed E-state index contributed by atoms with van der Waals surface area (Å²) < 4.78 is 26.8. The van der Waals surface area contributed by atoms with Gasteiger partial charge in [0.2, 0.25) is 0 Å². The zero-order chi connectivity index (χ0) is 18.3. The minimum absolute atomic E-state index is 0.108. The number of β-amino-alcohol motifs (C(OH)–C–C–N with tert-alkyl or cyclic N) is 1. The number of amides is 1. The topological polar surface area (TPSA) is 66.3 Å². The SMILES string of the molecule is Cc1nc(C)c(C(=O)N2C[C@@H](O)C[C@@H]2c2ccc(F)c(F)c2)nc1C. The third kappa shape index (κ3) is 3.24. The number of aliphatic hydroxyl groups is 1. The zero-order valence-corrected chi connectivity index (χ0v) is 14.3. The molecular weight excluding hydrogens is 328 g/mol. The number of carbonyl (C=O) groups is 1. The maximum atomic E-state index is 13.6. The van der Waals surface area contributed by atoms with Crippen LogP contribution in [-0.4, -0.2) is 38.5 Å². The van der Waals surface area contributed by atoms with Crippen LogP contribution in [0.5, 0.6) is 0 Å². The molecule has 132 valence electrons. The number of aromatic nitrogens is 2. The molecule has 2 atom stereocenters. The lowest BCUT2D eigenvalue weighted by Crippen LogP contribution is -2.33. The summed E-state index contributed by atoms with van der Waals surface area (Å²) >= 11 is 0. The van der Waals surface area contributed by atoms with E-state index in [2.05, 4.69) is 9.97 Å². The molecule has 0 aliphatic carbocycles. The highest BCUT2D eigenvalue weighted by Gasteiger charge is 2.37. The number of hydrogen-bond donors (Lipinski definition) is 1. The van der Waals surface area contributed by atoms with Gasteiger partial charge in [0.1, 0.15) is 5.69 Å². The maximum absolute atomic E-state index is 13.6. The monoisotopic (exact) mass is 347 g/mol. The van der Waals surface area contributed by atoms with Gasteiger partial charge in [0, 0.05) is 6.54 Å². The van der Waals surface area contributed by atoms with E-state index in [-0.39, 0.29) is 24.6 Å². The normalized spacial score (nSPS) is 20.2. The fraction of sp³-hybridized carbons (Fsp3) is 0.389. The molecule has 0 spiro atoms. The summed E-state index contributed by atoms with van der Waals surface area (Å²) in [5, 5.41) is 10.0. The van der Waals surface area contributed by atoms with Crippen LogP contribution in [0.1, 0.15) is 45.6 Å². The Kier molecular flexibility index (Phi) is 4.51. The van der Waals surface area contributed by atoms with E-state index in [9.17, 15) is 18.7 Å². The summed E-state index contributed by atoms with van der Waals surface area (Å²) in [6, 6.07) is 2.98. The third-order valence-corrected chi connectivity index (χ3v) is 4.55. The molecule has 7 heteroatoms. The molecule has 3 rings (SSSR count). The summed E-state index contributed by atoms with van der Waals surface area (Å²) in [7, 11) is 0. The van der Waals surface area contributed by atoms with Gasteiger partial charge in [-0.25, -0.2) is 13.8 Å². The van der Waals surface area contributed by atoms with Crippen molar-refractivity contribution in [2.24, 2.45) is 0 Å². The van der Waals surface area contributed by atoms with Crippen molar-refractivity contribution in [3.05, 3.63) is 58.2 Å². The minimum Gasteiger partial charge on any atom is -0.391 e. The second kappa shape index (κ2) is 6.48. The second-order valence-corrected chi connectivity index (χ2v) is 6.36. The fourth-order valence-electron chi connectivity index (χ4n) is 3.13. The van der Waals surface area contributed by atoms with Gasteiger partial charge in [0.15, 0.2) is 11.6 Å². The lowest BCUT2D eigenvalue weighted by Gasteiger charge is -2.25. The predicted octanol–water partition coefficient (Wildman–Crippen LogP) is 2.63. The van der Waals surface area contributed by atoms with Gasteiger partial charge in [-0.2, -0.15) is 0 Å². The highest BCUT2D eigenvalue weighted by atomic mass is 19.2. The summed E-state index contributed by atoms with van der Waals surface area (Å²) in [5.74, 6) is -2.30. The highest BCUT2D eigenvalue weighted by molar-refractivity contribution is 5.94. The van der Waals surface area contributed by atoms with Crippen LogP contribution >= 0.6 is 0 Å². The van der Waals surface area contributed by atoms with E-state index < -0.39 is 23.8 Å². The molecular formula is C18H19F2N3O2. The van der Waals surface area contributed by atoms with Gasteiger partial charge in [-0.1, -0.05) is 6.07 Å². The van der Waals surface area contributed by atoms with E-state index in [1.807, 2.05) is 6.92 Å². The number of benzene rings is 1. The highest BCUT2D eigenvalue weighted by Crippen LogP contribution is 2.34. The Labute approximate surface area is 144 Å². The van der Waals surface area contributed by atoms with Crippen LogP contribution in [-0.2, 0) is 0 Å². The predicted molar refractivity (Wildman–Crippen MR) is 87.0 cm³/mol. The number of nitrogens with zero attached hydrogens (tertiary/aromatic N) is 3. The van der Waals surface area contributed by atoms with Crippen molar-refractivity contribution >= 4 is 5.91 Å². The van der Waals surface area contributed by atoms with Crippen LogP contribution in [0.3, 0.4) is 0 Å². The van der Waals surface area contributed by atoms with E-state index in [0.29, 0.717) is 17.0 Å². The Morgan fingerprint density at radius 3 is 2.48 bits per heavy atom. The molecule has 1 aliphatic rings. The van der Waals surface area contributed by atoms with Gasteiger partial charge in [-0.05, 0) is 44.9 Å². The number of rotatable bonds is 2. The van der Waals surface area contributed by atoms with Crippen molar-refractivity contribution in [2.45, 2.75) is 39.3 Å². The molecule has 1 saturated heterocycles. The van der Waals surface area contributed by atoms with Crippen LogP contribution in [0.15, 0.2) is 18.2 Å². The molecule has 1 fully saturated rings. The van der Waals surface area contributed by atoms with Crippen LogP contribution in [0.4, 0.5) is 8.78 Å². The van der Waals surface area contributed by atoms with Gasteiger partial charge in [0.25, 0.3) is 5.91 Å². The van der Waals surface area contributed by atoms with Crippen molar-refractivity contribution in [3.63, 3.8) is 0 Å². The average molecular weight is 347 g/mol. The first-order chi connectivity index (χ1) is 11.8. The quantitative estimate of drug-likeness (QED) is 0.907. The Balaban J connectivity index is 1.98. The van der Waals surface area contributed by atoms with Crippen molar-refractivity contribution < 1.29 is 18.7 Å². The summed E-state index contributed by atoms with van der Waals surface area (Å²) in [5.41, 5.74) is 2.55. The number of aliphatic hydroxyl groups excluding tert-OH is 1. The second-order valence-electron chi connectivity index (χ2n) is 6.36. The zero-order valence-electron chi connectivity index (χ0n) is 14.3. The summed E-state index contributed by atoms with van der Waals surface area (Å²) in [4.78, 5) is 23.1. The first-order valence-electron chi connectivity index (χ1n) is 8.03. The Bertz CT molecular complexity index is 841. The Hall–Kier alpha value is -2.41. The smallest absolute Gasteiger partial charge is 0.274 e. The van der Waals surface area contributed by atoms with E-state index in [0.717, 1.165) is 17.8 Å². The van der Waals surface area contributed by atoms with Crippen molar-refractivity contribution in [1.82, 2.24) is 14.9 Å². The molecule has 25 heavy (non-hydrogen) atoms. The van der Waals surface area contributed by atoms with Gasteiger partial charge < -0.3 is 10.0 Å². The van der Waals surface area contributed by atoms with Crippen molar-refractivity contribution in [3.8, 4) is 0 Å². The van der Waals surface area contributed by atoms with E-state index in [4.69, 9.17) is 0 Å². The number of carbonyl (C=O) groups excluding carboxylic acids is 1. The molecule has 1 aromatic heterocycles. The molecule has 0 bridgehead atoms.